The van der Waals surface area contributed by atoms with E-state index < -0.39 is 12.1 Å². The molecule has 0 saturated heterocycles. The molecule has 1 aliphatic carbocycles. The number of anilines is 1. The van der Waals surface area contributed by atoms with Gasteiger partial charge in [0.25, 0.3) is 0 Å². The highest BCUT2D eigenvalue weighted by Gasteiger charge is 2.34. The summed E-state index contributed by atoms with van der Waals surface area (Å²) in [6, 6.07) is 10.1. The van der Waals surface area contributed by atoms with Crippen LogP contribution in [0.1, 0.15) is 11.1 Å². The second-order valence-corrected chi connectivity index (χ2v) is 6.76. The molecule has 144 valence electrons. The fourth-order valence-corrected chi connectivity index (χ4v) is 3.22. The first-order chi connectivity index (χ1) is 14.1. The number of allylic oxidation sites excluding steroid dienone is 3. The lowest BCUT2D eigenvalue weighted by atomic mass is 9.94. The summed E-state index contributed by atoms with van der Waals surface area (Å²) < 4.78 is 0. The van der Waals surface area contributed by atoms with Gasteiger partial charge in [-0.05, 0) is 42.3 Å². The zero-order valence-electron chi connectivity index (χ0n) is 15.8. The highest BCUT2D eigenvalue weighted by Crippen LogP contribution is 2.23. The lowest BCUT2D eigenvalue weighted by Crippen LogP contribution is -2.46. The predicted octanol–water partition coefficient (Wildman–Crippen LogP) is 4.14. The standard InChI is InChI=1S/C22H19N5O2/c1-15-6-4-8-17(12-15)24-21(28)26-20-18-9-2-3-10-19(18)25-22(29)27(20)14-16-7-5-11-23-13-16/h2-13,18H,14H2,1H3,(H,24,28)/b26-20+. The van der Waals surface area contributed by atoms with Crippen LogP contribution in [0, 0.1) is 12.8 Å². The third-order valence-electron chi connectivity index (χ3n) is 4.56. The van der Waals surface area contributed by atoms with Crippen molar-refractivity contribution in [3.05, 3.63) is 84.2 Å². The average molecular weight is 385 g/mol. The van der Waals surface area contributed by atoms with Gasteiger partial charge in [-0.1, -0.05) is 36.4 Å². The molecule has 4 amide bonds. The fourth-order valence-electron chi connectivity index (χ4n) is 3.22. The van der Waals surface area contributed by atoms with Crippen molar-refractivity contribution < 1.29 is 9.59 Å². The Balaban J connectivity index is 1.67. The first-order valence-corrected chi connectivity index (χ1v) is 9.20. The van der Waals surface area contributed by atoms with E-state index >= 15 is 0 Å². The summed E-state index contributed by atoms with van der Waals surface area (Å²) in [4.78, 5) is 39.3. The van der Waals surface area contributed by atoms with Gasteiger partial charge in [0.1, 0.15) is 5.84 Å². The number of benzene rings is 1. The summed E-state index contributed by atoms with van der Waals surface area (Å²) in [7, 11) is 0. The van der Waals surface area contributed by atoms with Gasteiger partial charge in [0.15, 0.2) is 0 Å². The van der Waals surface area contributed by atoms with Crippen LogP contribution in [-0.2, 0) is 6.54 Å². The van der Waals surface area contributed by atoms with E-state index in [1.165, 1.54) is 4.90 Å². The Hall–Kier alpha value is -3.87. The number of nitrogens with one attached hydrogen (secondary N) is 1. The van der Waals surface area contributed by atoms with E-state index in [1.54, 1.807) is 30.6 Å². The molecule has 7 nitrogen and oxygen atoms in total. The summed E-state index contributed by atoms with van der Waals surface area (Å²) in [5.41, 5.74) is 3.06. The van der Waals surface area contributed by atoms with Crippen molar-refractivity contribution in [3.63, 3.8) is 0 Å². The summed E-state index contributed by atoms with van der Waals surface area (Å²) in [5.74, 6) is -0.0211. The molecular formula is C22H19N5O2. The highest BCUT2D eigenvalue weighted by atomic mass is 16.2. The lowest BCUT2D eigenvalue weighted by Gasteiger charge is -2.31. The smallest absolute Gasteiger partial charge is 0.306 e. The Morgan fingerprint density at radius 2 is 2.14 bits per heavy atom. The maximum Gasteiger partial charge on any atom is 0.349 e. The van der Waals surface area contributed by atoms with Gasteiger partial charge in [-0.3, -0.25) is 9.88 Å². The molecule has 1 N–H and O–H groups in total. The quantitative estimate of drug-likeness (QED) is 0.861. The van der Waals surface area contributed by atoms with Crippen LogP contribution in [0.15, 0.2) is 83.1 Å². The molecule has 0 fully saturated rings. The highest BCUT2D eigenvalue weighted by molar-refractivity contribution is 6.24. The molecule has 7 heteroatoms. The molecule has 0 saturated carbocycles. The van der Waals surface area contributed by atoms with Crippen molar-refractivity contribution in [1.29, 1.82) is 0 Å². The first kappa shape index (κ1) is 18.5. The van der Waals surface area contributed by atoms with Crippen LogP contribution in [0.4, 0.5) is 15.3 Å². The minimum absolute atomic E-state index is 0.230. The normalized spacial score (nSPS) is 19.1. The maximum atomic E-state index is 12.7. The van der Waals surface area contributed by atoms with E-state index in [0.717, 1.165) is 11.1 Å². The molecule has 1 atom stereocenters. The molecule has 29 heavy (non-hydrogen) atoms. The number of urea groups is 2. The minimum atomic E-state index is -0.543. The van der Waals surface area contributed by atoms with Gasteiger partial charge in [-0.15, -0.1) is 0 Å². The molecule has 0 spiro atoms. The van der Waals surface area contributed by atoms with Crippen LogP contribution in [0.5, 0.6) is 0 Å². The Labute approximate surface area is 168 Å². The maximum absolute atomic E-state index is 12.7. The van der Waals surface area contributed by atoms with Crippen molar-refractivity contribution in [2.75, 3.05) is 5.32 Å². The molecular weight excluding hydrogens is 366 g/mol. The molecule has 2 aliphatic rings. The van der Waals surface area contributed by atoms with Crippen molar-refractivity contribution in [1.82, 2.24) is 9.88 Å². The van der Waals surface area contributed by atoms with Gasteiger partial charge < -0.3 is 5.32 Å². The number of aryl methyl sites for hydroxylation is 1. The van der Waals surface area contributed by atoms with E-state index in [2.05, 4.69) is 20.3 Å². The third kappa shape index (κ3) is 4.19. The van der Waals surface area contributed by atoms with Crippen LogP contribution in [0.2, 0.25) is 0 Å². The Morgan fingerprint density at radius 3 is 2.93 bits per heavy atom. The van der Waals surface area contributed by atoms with Crippen molar-refractivity contribution in [3.8, 4) is 0 Å². The van der Waals surface area contributed by atoms with Gasteiger partial charge >= 0.3 is 12.1 Å². The number of carbonyl (C=O) groups is 2. The molecule has 0 radical (unpaired) electrons. The average Bonchev–Trinajstić information content (AvgIpc) is 2.71. The predicted molar refractivity (Wildman–Crippen MR) is 112 cm³/mol. The number of hydrogen-bond donors (Lipinski definition) is 1. The van der Waals surface area contributed by atoms with Crippen LogP contribution in [0.25, 0.3) is 0 Å². The van der Waals surface area contributed by atoms with Crippen molar-refractivity contribution in [2.45, 2.75) is 13.5 Å². The van der Waals surface area contributed by atoms with Crippen molar-refractivity contribution in [2.24, 2.45) is 15.9 Å². The molecule has 0 bridgehead atoms. The number of hydrogen-bond acceptors (Lipinski definition) is 3. The van der Waals surface area contributed by atoms with Crippen LogP contribution < -0.4 is 5.32 Å². The van der Waals surface area contributed by atoms with E-state index in [0.29, 0.717) is 17.2 Å². The number of rotatable bonds is 3. The fraction of sp³-hybridized carbons (Fsp3) is 0.136. The lowest BCUT2D eigenvalue weighted by molar-refractivity contribution is 0.226. The van der Waals surface area contributed by atoms with Gasteiger partial charge in [0.2, 0.25) is 0 Å². The van der Waals surface area contributed by atoms with Crippen molar-refractivity contribution >= 4 is 29.3 Å². The zero-order valence-corrected chi connectivity index (χ0v) is 15.8. The molecule has 1 aromatic carbocycles. The second-order valence-electron chi connectivity index (χ2n) is 6.76. The number of aromatic nitrogens is 1. The van der Waals surface area contributed by atoms with Crippen LogP contribution in [-0.4, -0.2) is 33.5 Å². The third-order valence-corrected chi connectivity index (χ3v) is 4.56. The second kappa shape index (κ2) is 8.02. The summed E-state index contributed by atoms with van der Waals surface area (Å²) in [6.45, 7) is 2.17. The Bertz CT molecular complexity index is 1070. The van der Waals surface area contributed by atoms with Gasteiger partial charge in [0.05, 0.1) is 18.2 Å². The van der Waals surface area contributed by atoms with E-state index in [4.69, 9.17) is 0 Å². The van der Waals surface area contributed by atoms with Gasteiger partial charge in [0, 0.05) is 18.1 Å². The molecule has 2 aromatic rings. The SMILES string of the molecule is Cc1cccc(NC(=O)/N=C2\C3C=CC=CC3=NC(=O)N2Cc2cccnc2)c1. The summed E-state index contributed by atoms with van der Waals surface area (Å²) in [5, 5.41) is 2.77. The van der Waals surface area contributed by atoms with E-state index in [-0.39, 0.29) is 12.5 Å². The van der Waals surface area contributed by atoms with Gasteiger partial charge in [-0.25, -0.2) is 9.59 Å². The number of amides is 4. The number of aliphatic imine (C=N–C) groups is 2. The first-order valence-electron chi connectivity index (χ1n) is 9.20. The molecule has 1 unspecified atom stereocenters. The van der Waals surface area contributed by atoms with Crippen LogP contribution >= 0.6 is 0 Å². The van der Waals surface area contributed by atoms with Gasteiger partial charge in [-0.2, -0.15) is 9.98 Å². The number of amidine groups is 1. The molecule has 4 rings (SSSR count). The molecule has 1 aliphatic heterocycles. The Morgan fingerprint density at radius 1 is 1.24 bits per heavy atom. The number of nitrogens with zero attached hydrogens (tertiary/aromatic N) is 4. The van der Waals surface area contributed by atoms with E-state index in [9.17, 15) is 9.59 Å². The zero-order chi connectivity index (χ0) is 20.2. The van der Waals surface area contributed by atoms with Crippen LogP contribution in [0.3, 0.4) is 0 Å². The molecule has 1 aromatic heterocycles. The Kier molecular flexibility index (Phi) is 5.11. The summed E-state index contributed by atoms with van der Waals surface area (Å²) in [6.07, 6.45) is 10.6. The number of carbonyl (C=O) groups excluding carboxylic acids is 2. The number of pyridine rings is 1. The molecule has 2 heterocycles. The number of fused-ring (bicyclic) bond motifs is 1. The summed E-state index contributed by atoms with van der Waals surface area (Å²) >= 11 is 0. The minimum Gasteiger partial charge on any atom is -0.306 e. The largest absolute Gasteiger partial charge is 0.349 e. The van der Waals surface area contributed by atoms with E-state index in [1.807, 2.05) is 49.4 Å². The topological polar surface area (TPSA) is 87.0 Å². The monoisotopic (exact) mass is 385 g/mol.